The van der Waals surface area contributed by atoms with Gasteiger partial charge in [0, 0.05) is 23.3 Å². The van der Waals surface area contributed by atoms with Crippen LogP contribution in [0.2, 0.25) is 0 Å². The van der Waals surface area contributed by atoms with Gasteiger partial charge in [-0.1, -0.05) is 6.07 Å². The van der Waals surface area contributed by atoms with Crippen molar-refractivity contribution in [3.8, 4) is 0 Å². The molecule has 0 spiro atoms. The number of benzene rings is 1. The van der Waals surface area contributed by atoms with Gasteiger partial charge in [0.15, 0.2) is 5.11 Å². The Hall–Kier alpha value is -2.73. The zero-order valence-electron chi connectivity index (χ0n) is 14.5. The molecule has 6 heteroatoms. The lowest BCUT2D eigenvalue weighted by Crippen LogP contribution is -2.29. The van der Waals surface area contributed by atoms with E-state index in [2.05, 4.69) is 21.4 Å². The second-order valence-electron chi connectivity index (χ2n) is 6.53. The van der Waals surface area contributed by atoms with E-state index in [-0.39, 0.29) is 17.9 Å². The molecular formula is C20H19FN4S. The molecule has 2 aromatic heterocycles. The predicted molar refractivity (Wildman–Crippen MR) is 105 cm³/mol. The van der Waals surface area contributed by atoms with Crippen LogP contribution in [-0.4, -0.2) is 15.1 Å². The standard InChI is InChI=1S/C20H19FN4S/c1-12-11-14(7-8-15(12)21)25-19(17-9-6-13(2)23-17)18(24-20(25)26)16-5-3-4-10-22-16/h3-11,18-19,23H,1-2H3,(H,24,26). The summed E-state index contributed by atoms with van der Waals surface area (Å²) >= 11 is 5.64. The molecule has 132 valence electrons. The monoisotopic (exact) mass is 366 g/mol. The van der Waals surface area contributed by atoms with E-state index in [0.717, 1.165) is 22.8 Å². The van der Waals surface area contributed by atoms with Gasteiger partial charge in [-0.25, -0.2) is 4.39 Å². The molecule has 1 fully saturated rings. The molecule has 2 N–H and O–H groups in total. The molecule has 2 unspecified atom stereocenters. The van der Waals surface area contributed by atoms with Crippen molar-refractivity contribution in [1.29, 1.82) is 0 Å². The molecule has 1 aliphatic heterocycles. The Morgan fingerprint density at radius 3 is 2.62 bits per heavy atom. The summed E-state index contributed by atoms with van der Waals surface area (Å²) in [7, 11) is 0. The van der Waals surface area contributed by atoms with E-state index in [0.29, 0.717) is 10.7 Å². The number of hydrogen-bond donors (Lipinski definition) is 2. The van der Waals surface area contributed by atoms with E-state index >= 15 is 0 Å². The van der Waals surface area contributed by atoms with Crippen molar-refractivity contribution >= 4 is 23.0 Å². The Labute approximate surface area is 157 Å². The molecule has 1 saturated heterocycles. The van der Waals surface area contributed by atoms with Crippen molar-refractivity contribution < 1.29 is 4.39 Å². The van der Waals surface area contributed by atoms with Crippen LogP contribution in [0.5, 0.6) is 0 Å². The summed E-state index contributed by atoms with van der Waals surface area (Å²) < 4.78 is 13.8. The van der Waals surface area contributed by atoms with Crippen molar-refractivity contribution in [3.63, 3.8) is 0 Å². The predicted octanol–water partition coefficient (Wildman–Crippen LogP) is 4.34. The number of nitrogens with zero attached hydrogens (tertiary/aromatic N) is 2. The SMILES string of the molecule is Cc1ccc(C2C(c3ccccn3)NC(=S)N2c2ccc(F)c(C)c2)[nH]1. The Balaban J connectivity index is 1.83. The number of pyridine rings is 1. The van der Waals surface area contributed by atoms with E-state index in [1.54, 1.807) is 19.2 Å². The summed E-state index contributed by atoms with van der Waals surface area (Å²) in [5.74, 6) is -0.222. The van der Waals surface area contributed by atoms with Gasteiger partial charge in [-0.15, -0.1) is 0 Å². The second-order valence-corrected chi connectivity index (χ2v) is 6.91. The number of anilines is 1. The van der Waals surface area contributed by atoms with Crippen LogP contribution in [0.1, 0.15) is 34.7 Å². The molecule has 26 heavy (non-hydrogen) atoms. The van der Waals surface area contributed by atoms with Gasteiger partial charge in [0.05, 0.1) is 11.7 Å². The minimum absolute atomic E-state index is 0.101. The fraction of sp³-hybridized carbons (Fsp3) is 0.200. The second kappa shape index (κ2) is 6.53. The van der Waals surface area contributed by atoms with Crippen LogP contribution in [0, 0.1) is 19.7 Å². The van der Waals surface area contributed by atoms with Gasteiger partial charge in [-0.2, -0.15) is 0 Å². The highest BCUT2D eigenvalue weighted by atomic mass is 32.1. The number of thiocarbonyl (C=S) groups is 1. The first-order valence-corrected chi connectivity index (χ1v) is 8.88. The Kier molecular flexibility index (Phi) is 4.20. The van der Waals surface area contributed by atoms with Gasteiger partial charge >= 0.3 is 0 Å². The number of aromatic nitrogens is 2. The molecule has 2 atom stereocenters. The van der Waals surface area contributed by atoms with Crippen LogP contribution in [0.15, 0.2) is 54.7 Å². The van der Waals surface area contributed by atoms with Gasteiger partial charge in [0.25, 0.3) is 0 Å². The van der Waals surface area contributed by atoms with E-state index in [4.69, 9.17) is 12.2 Å². The number of halogens is 1. The molecule has 0 saturated carbocycles. The van der Waals surface area contributed by atoms with Crippen molar-refractivity contribution in [2.24, 2.45) is 0 Å². The van der Waals surface area contributed by atoms with E-state index < -0.39 is 0 Å². The van der Waals surface area contributed by atoms with Gasteiger partial charge in [-0.05, 0) is 74.1 Å². The zero-order chi connectivity index (χ0) is 18.3. The molecule has 0 bridgehead atoms. The number of H-pyrrole nitrogens is 1. The summed E-state index contributed by atoms with van der Waals surface area (Å²) in [6, 6.07) is 14.8. The topological polar surface area (TPSA) is 44.0 Å². The minimum atomic E-state index is -0.222. The maximum atomic E-state index is 13.8. The summed E-state index contributed by atoms with van der Waals surface area (Å²) in [5, 5.41) is 3.99. The van der Waals surface area contributed by atoms with Crippen LogP contribution < -0.4 is 10.2 Å². The zero-order valence-corrected chi connectivity index (χ0v) is 15.3. The molecule has 1 aromatic carbocycles. The Morgan fingerprint density at radius 2 is 1.96 bits per heavy atom. The lowest BCUT2D eigenvalue weighted by atomic mass is 10.0. The largest absolute Gasteiger partial charge is 0.361 e. The highest BCUT2D eigenvalue weighted by molar-refractivity contribution is 7.80. The van der Waals surface area contributed by atoms with Crippen LogP contribution in [-0.2, 0) is 0 Å². The molecule has 0 amide bonds. The van der Waals surface area contributed by atoms with Crippen LogP contribution >= 0.6 is 12.2 Å². The van der Waals surface area contributed by atoms with Gasteiger partial charge < -0.3 is 15.2 Å². The summed E-state index contributed by atoms with van der Waals surface area (Å²) in [6.07, 6.45) is 1.78. The lowest BCUT2D eigenvalue weighted by molar-refractivity contribution is 0.557. The molecular weight excluding hydrogens is 347 g/mol. The quantitative estimate of drug-likeness (QED) is 0.677. The Bertz CT molecular complexity index is 953. The number of hydrogen-bond acceptors (Lipinski definition) is 2. The first-order valence-electron chi connectivity index (χ1n) is 8.47. The van der Waals surface area contributed by atoms with Gasteiger partial charge in [0.2, 0.25) is 0 Å². The first kappa shape index (κ1) is 16.7. The van der Waals surface area contributed by atoms with Gasteiger partial charge in [-0.3, -0.25) is 4.98 Å². The minimum Gasteiger partial charge on any atom is -0.361 e. The maximum Gasteiger partial charge on any atom is 0.174 e. The summed E-state index contributed by atoms with van der Waals surface area (Å²) in [6.45, 7) is 3.78. The lowest BCUT2D eigenvalue weighted by Gasteiger charge is -2.27. The number of nitrogens with one attached hydrogen (secondary N) is 2. The highest BCUT2D eigenvalue weighted by Gasteiger charge is 2.41. The normalized spacial score (nSPS) is 19.7. The summed E-state index contributed by atoms with van der Waals surface area (Å²) in [5.41, 5.74) is 4.47. The van der Waals surface area contributed by atoms with Crippen molar-refractivity contribution in [2.45, 2.75) is 25.9 Å². The third-order valence-corrected chi connectivity index (χ3v) is 5.01. The number of aryl methyl sites for hydroxylation is 2. The average molecular weight is 366 g/mol. The smallest absolute Gasteiger partial charge is 0.174 e. The molecule has 4 nitrogen and oxygen atoms in total. The molecule has 0 radical (unpaired) electrons. The van der Waals surface area contributed by atoms with E-state index in [9.17, 15) is 4.39 Å². The highest BCUT2D eigenvalue weighted by Crippen LogP contribution is 2.41. The van der Waals surface area contributed by atoms with E-state index in [1.165, 1.54) is 6.07 Å². The Morgan fingerprint density at radius 1 is 1.12 bits per heavy atom. The first-order chi connectivity index (χ1) is 12.5. The molecule has 1 aliphatic rings. The fourth-order valence-corrected chi connectivity index (χ4v) is 3.77. The molecule has 3 aromatic rings. The molecule has 4 rings (SSSR count). The van der Waals surface area contributed by atoms with Crippen molar-refractivity contribution in [1.82, 2.24) is 15.3 Å². The van der Waals surface area contributed by atoms with Crippen molar-refractivity contribution in [2.75, 3.05) is 4.90 Å². The van der Waals surface area contributed by atoms with Crippen LogP contribution in [0.25, 0.3) is 0 Å². The number of aromatic amines is 1. The van der Waals surface area contributed by atoms with Gasteiger partial charge in [0.1, 0.15) is 11.9 Å². The molecule has 0 aliphatic carbocycles. The molecule has 3 heterocycles. The van der Waals surface area contributed by atoms with Crippen molar-refractivity contribution in [3.05, 3.63) is 83.2 Å². The summed E-state index contributed by atoms with van der Waals surface area (Å²) in [4.78, 5) is 9.97. The number of rotatable bonds is 3. The van der Waals surface area contributed by atoms with E-state index in [1.807, 2.05) is 42.2 Å². The maximum absolute atomic E-state index is 13.8. The third kappa shape index (κ3) is 2.86. The van der Waals surface area contributed by atoms with Crippen LogP contribution in [0.4, 0.5) is 10.1 Å². The average Bonchev–Trinajstić information content (AvgIpc) is 3.21. The fourth-order valence-electron chi connectivity index (χ4n) is 3.43. The third-order valence-electron chi connectivity index (χ3n) is 4.69. The van der Waals surface area contributed by atoms with Crippen LogP contribution in [0.3, 0.4) is 0 Å².